The number of aliphatic imine (C=N–C) groups is 1. The van der Waals surface area contributed by atoms with Crippen molar-refractivity contribution in [2.75, 3.05) is 7.05 Å². The van der Waals surface area contributed by atoms with Gasteiger partial charge in [0.25, 0.3) is 0 Å². The minimum absolute atomic E-state index is 0.616. The van der Waals surface area contributed by atoms with Gasteiger partial charge in [0.05, 0.1) is 0 Å². The molecule has 0 spiro atoms. The average Bonchev–Trinajstić information content (AvgIpc) is 2.16. The molecule has 0 rings (SSSR count). The Labute approximate surface area is 95.0 Å². The summed E-state index contributed by atoms with van der Waals surface area (Å²) in [5.74, 6) is 1.96. The third-order valence-electron chi connectivity index (χ3n) is 2.83. The van der Waals surface area contributed by atoms with Crippen LogP contribution in [0.5, 0.6) is 0 Å². The lowest BCUT2D eigenvalue weighted by Crippen LogP contribution is -2.11. The van der Waals surface area contributed by atoms with Crippen LogP contribution in [-0.4, -0.2) is 13.3 Å². The van der Waals surface area contributed by atoms with Gasteiger partial charge in [-0.3, -0.25) is 4.99 Å². The molecule has 1 atom stereocenters. The van der Waals surface area contributed by atoms with Gasteiger partial charge < -0.3 is 0 Å². The van der Waals surface area contributed by atoms with Gasteiger partial charge in [-0.1, -0.05) is 52.3 Å². The largest absolute Gasteiger partial charge is 0.297 e. The zero-order valence-corrected chi connectivity index (χ0v) is 11.0. The second-order valence-corrected chi connectivity index (χ2v) is 4.65. The first-order valence-electron chi connectivity index (χ1n) is 5.79. The fourth-order valence-electron chi connectivity index (χ4n) is 1.56. The summed E-state index contributed by atoms with van der Waals surface area (Å²) in [7, 11) is 1.79. The molecule has 1 nitrogen and oxygen atoms in total. The number of hydrogen-bond acceptors (Lipinski definition) is 1. The second-order valence-electron chi connectivity index (χ2n) is 4.65. The Balaban J connectivity index is 4.66. The minimum atomic E-state index is 0.616. The molecule has 0 aliphatic heterocycles. The van der Waals surface area contributed by atoms with Crippen LogP contribution in [0.1, 0.15) is 34.6 Å². The highest BCUT2D eigenvalue weighted by atomic mass is 14.6. The highest BCUT2D eigenvalue weighted by molar-refractivity contribution is 5.71. The molecular weight excluding hydrogens is 182 g/mol. The van der Waals surface area contributed by atoms with E-state index in [1.807, 2.05) is 12.3 Å². The van der Waals surface area contributed by atoms with Crippen LogP contribution in [0, 0.1) is 17.8 Å². The van der Waals surface area contributed by atoms with Gasteiger partial charge in [0, 0.05) is 13.3 Å². The number of nitrogens with zero attached hydrogens (tertiary/aromatic N) is 1. The van der Waals surface area contributed by atoms with E-state index in [-0.39, 0.29) is 0 Å². The van der Waals surface area contributed by atoms with Gasteiger partial charge in [-0.25, -0.2) is 0 Å². The summed E-state index contributed by atoms with van der Waals surface area (Å²) in [6, 6.07) is 0. The number of rotatable bonds is 5. The Morgan fingerprint density at radius 3 is 2.00 bits per heavy atom. The smallest absolute Gasteiger partial charge is 0.0277 e. The maximum absolute atomic E-state index is 3.92. The van der Waals surface area contributed by atoms with Crippen molar-refractivity contribution in [3.63, 3.8) is 0 Å². The van der Waals surface area contributed by atoms with Crippen molar-refractivity contribution in [3.05, 3.63) is 23.8 Å². The summed E-state index contributed by atoms with van der Waals surface area (Å²) in [6.07, 6.45) is 8.11. The van der Waals surface area contributed by atoms with E-state index >= 15 is 0 Å². The molecule has 0 saturated carbocycles. The van der Waals surface area contributed by atoms with Crippen LogP contribution in [0.15, 0.2) is 28.8 Å². The first-order chi connectivity index (χ1) is 7.00. The molecule has 0 aliphatic rings. The molecule has 0 fully saturated rings. The van der Waals surface area contributed by atoms with Gasteiger partial charge in [-0.2, -0.15) is 0 Å². The van der Waals surface area contributed by atoms with E-state index in [0.29, 0.717) is 17.8 Å². The van der Waals surface area contributed by atoms with Gasteiger partial charge in [-0.15, -0.1) is 0 Å². The van der Waals surface area contributed by atoms with Crippen LogP contribution in [0.3, 0.4) is 0 Å². The maximum Gasteiger partial charge on any atom is 0.0277 e. The molecule has 0 amide bonds. The van der Waals surface area contributed by atoms with E-state index in [0.717, 1.165) is 0 Å². The van der Waals surface area contributed by atoms with Crippen LogP contribution in [-0.2, 0) is 0 Å². The third-order valence-corrected chi connectivity index (χ3v) is 2.83. The molecule has 0 N–H and O–H groups in total. The van der Waals surface area contributed by atoms with Gasteiger partial charge in [-0.05, 0) is 23.8 Å². The molecule has 86 valence electrons. The van der Waals surface area contributed by atoms with Crippen LogP contribution < -0.4 is 0 Å². The minimum Gasteiger partial charge on any atom is -0.297 e. The first kappa shape index (κ1) is 14.2. The van der Waals surface area contributed by atoms with Gasteiger partial charge in [0.1, 0.15) is 0 Å². The van der Waals surface area contributed by atoms with E-state index in [2.05, 4.69) is 51.8 Å². The number of allylic oxidation sites excluding steroid dienone is 4. The van der Waals surface area contributed by atoms with Crippen LogP contribution in [0.4, 0.5) is 0 Å². The highest BCUT2D eigenvalue weighted by Crippen LogP contribution is 2.25. The lowest BCUT2D eigenvalue weighted by Gasteiger charge is -2.22. The molecule has 1 unspecified atom stereocenters. The number of hydrogen-bond donors (Lipinski definition) is 0. The molecule has 1 heteroatoms. The molecular formula is C14H25N. The van der Waals surface area contributed by atoms with Crippen molar-refractivity contribution in [1.82, 2.24) is 0 Å². The van der Waals surface area contributed by atoms with Gasteiger partial charge in [0.15, 0.2) is 0 Å². The maximum atomic E-state index is 3.92. The van der Waals surface area contributed by atoms with Crippen LogP contribution >= 0.6 is 0 Å². The predicted octanol–water partition coefficient (Wildman–Crippen LogP) is 4.12. The fraction of sp³-hybridized carbons (Fsp3) is 0.643. The molecule has 0 heterocycles. The van der Waals surface area contributed by atoms with E-state index < -0.39 is 0 Å². The van der Waals surface area contributed by atoms with Crippen LogP contribution in [0.25, 0.3) is 0 Å². The molecule has 0 aromatic rings. The summed E-state index contributed by atoms with van der Waals surface area (Å²) >= 11 is 0. The van der Waals surface area contributed by atoms with Crippen molar-refractivity contribution in [2.45, 2.75) is 34.6 Å². The predicted molar refractivity (Wildman–Crippen MR) is 70.5 cm³/mol. The fourth-order valence-corrected chi connectivity index (χ4v) is 1.56. The lowest BCUT2D eigenvalue weighted by molar-refractivity contribution is 0.444. The molecule has 0 bridgehead atoms. The standard InChI is InChI=1S/C14H25N/c1-11(2)13(5)14(12(3)4)9-7-8-10-15-6/h7-13H,1-6H3/b8-7-,14-9?,15-10?. The molecule has 15 heavy (non-hydrogen) atoms. The Hall–Kier alpha value is -0.850. The normalized spacial score (nSPS) is 16.1. The molecule has 0 aromatic carbocycles. The lowest BCUT2D eigenvalue weighted by atomic mass is 9.83. The van der Waals surface area contributed by atoms with Crippen molar-refractivity contribution < 1.29 is 0 Å². The Morgan fingerprint density at radius 2 is 1.60 bits per heavy atom. The Kier molecular flexibility index (Phi) is 7.02. The Bertz CT molecular complexity index is 244. The first-order valence-corrected chi connectivity index (χ1v) is 5.79. The van der Waals surface area contributed by atoms with Crippen LogP contribution in [0.2, 0.25) is 0 Å². The van der Waals surface area contributed by atoms with E-state index in [1.165, 1.54) is 5.57 Å². The molecule has 0 saturated heterocycles. The zero-order chi connectivity index (χ0) is 11.8. The summed E-state index contributed by atoms with van der Waals surface area (Å²) in [6.45, 7) is 11.4. The van der Waals surface area contributed by atoms with E-state index in [1.54, 1.807) is 7.05 Å². The van der Waals surface area contributed by atoms with Crippen molar-refractivity contribution >= 4 is 6.21 Å². The summed E-state index contributed by atoms with van der Waals surface area (Å²) < 4.78 is 0. The Morgan fingerprint density at radius 1 is 1.00 bits per heavy atom. The summed E-state index contributed by atoms with van der Waals surface area (Å²) in [5, 5.41) is 0. The molecule has 0 radical (unpaired) electrons. The SMILES string of the molecule is CN=C/C=C\C=C(C(C)C)C(C)C(C)C. The van der Waals surface area contributed by atoms with Crippen molar-refractivity contribution in [2.24, 2.45) is 22.7 Å². The highest BCUT2D eigenvalue weighted by Gasteiger charge is 2.14. The van der Waals surface area contributed by atoms with Gasteiger partial charge >= 0.3 is 0 Å². The summed E-state index contributed by atoms with van der Waals surface area (Å²) in [5.41, 5.74) is 1.52. The summed E-state index contributed by atoms with van der Waals surface area (Å²) in [4.78, 5) is 3.92. The quantitative estimate of drug-likeness (QED) is 0.475. The van der Waals surface area contributed by atoms with E-state index in [9.17, 15) is 0 Å². The monoisotopic (exact) mass is 207 g/mol. The zero-order valence-electron chi connectivity index (χ0n) is 11.0. The molecule has 0 aliphatic carbocycles. The van der Waals surface area contributed by atoms with Crippen molar-refractivity contribution in [1.29, 1.82) is 0 Å². The third kappa shape index (κ3) is 5.56. The van der Waals surface area contributed by atoms with Gasteiger partial charge in [0.2, 0.25) is 0 Å². The second kappa shape index (κ2) is 7.44. The topological polar surface area (TPSA) is 12.4 Å². The average molecular weight is 207 g/mol. The molecule has 0 aromatic heterocycles. The van der Waals surface area contributed by atoms with Crippen molar-refractivity contribution in [3.8, 4) is 0 Å². The van der Waals surface area contributed by atoms with E-state index in [4.69, 9.17) is 0 Å².